The molecule has 3 heterocycles. The summed E-state index contributed by atoms with van der Waals surface area (Å²) < 4.78 is 27.5. The van der Waals surface area contributed by atoms with Gasteiger partial charge in [-0.3, -0.25) is 9.52 Å². The number of thiazole rings is 1. The molecule has 0 aromatic carbocycles. The standard InChI is InChI=1S/C13H15N3O3S3/c1-2-8-5-6-10(20-8)22(18,19)16-13-15-9-4-3-7-14-12(17)11(9)21-13/h5-6H,2-4,7H2,1H3,(H,14,17)(H,15,16). The molecule has 0 fully saturated rings. The Morgan fingerprint density at radius 1 is 1.36 bits per heavy atom. The van der Waals surface area contributed by atoms with Crippen molar-refractivity contribution >= 4 is 43.7 Å². The van der Waals surface area contributed by atoms with E-state index >= 15 is 0 Å². The van der Waals surface area contributed by atoms with Crippen molar-refractivity contribution in [2.45, 2.75) is 30.4 Å². The van der Waals surface area contributed by atoms with Crippen LogP contribution in [0.1, 0.15) is 33.6 Å². The van der Waals surface area contributed by atoms with Gasteiger partial charge in [0.2, 0.25) is 0 Å². The molecule has 0 radical (unpaired) electrons. The predicted molar refractivity (Wildman–Crippen MR) is 87.3 cm³/mol. The molecule has 0 aliphatic carbocycles. The van der Waals surface area contributed by atoms with Gasteiger partial charge in [-0.25, -0.2) is 13.4 Å². The largest absolute Gasteiger partial charge is 0.351 e. The molecule has 3 rings (SSSR count). The van der Waals surface area contributed by atoms with Crippen LogP contribution in [0.5, 0.6) is 0 Å². The summed E-state index contributed by atoms with van der Waals surface area (Å²) in [5, 5.41) is 3.02. The molecule has 0 saturated heterocycles. The number of aryl methyl sites for hydroxylation is 2. The lowest BCUT2D eigenvalue weighted by Gasteiger charge is -2.02. The maximum Gasteiger partial charge on any atom is 0.273 e. The van der Waals surface area contributed by atoms with Crippen molar-refractivity contribution in [1.82, 2.24) is 10.3 Å². The molecule has 1 aliphatic heterocycles. The first-order valence-corrected chi connectivity index (χ1v) is 10.0. The molecule has 6 nitrogen and oxygen atoms in total. The topological polar surface area (TPSA) is 88.2 Å². The second-order valence-electron chi connectivity index (χ2n) is 4.83. The van der Waals surface area contributed by atoms with Gasteiger partial charge in [-0.05, 0) is 31.4 Å². The number of carbonyl (C=O) groups is 1. The van der Waals surface area contributed by atoms with Crippen molar-refractivity contribution in [3.63, 3.8) is 0 Å². The SMILES string of the molecule is CCc1ccc(S(=O)(=O)Nc2nc3c(s2)C(=O)NCCC3)s1. The first-order chi connectivity index (χ1) is 10.5. The third kappa shape index (κ3) is 3.01. The van der Waals surface area contributed by atoms with Crippen LogP contribution in [0, 0.1) is 0 Å². The number of aromatic nitrogens is 1. The van der Waals surface area contributed by atoms with Gasteiger partial charge in [-0.15, -0.1) is 11.3 Å². The Morgan fingerprint density at radius 2 is 2.18 bits per heavy atom. The van der Waals surface area contributed by atoms with Crippen molar-refractivity contribution < 1.29 is 13.2 Å². The molecule has 0 unspecified atom stereocenters. The molecule has 22 heavy (non-hydrogen) atoms. The molecule has 0 bridgehead atoms. The summed E-state index contributed by atoms with van der Waals surface area (Å²) in [5.74, 6) is -0.181. The second kappa shape index (κ2) is 5.98. The van der Waals surface area contributed by atoms with Crippen LogP contribution in [-0.4, -0.2) is 25.9 Å². The van der Waals surface area contributed by atoms with E-state index in [-0.39, 0.29) is 15.2 Å². The number of nitrogens with zero attached hydrogens (tertiary/aromatic N) is 1. The number of nitrogens with one attached hydrogen (secondary N) is 2. The highest BCUT2D eigenvalue weighted by Gasteiger charge is 2.24. The van der Waals surface area contributed by atoms with Gasteiger partial charge in [-0.1, -0.05) is 18.3 Å². The zero-order chi connectivity index (χ0) is 15.7. The number of sulfonamides is 1. The molecule has 0 spiro atoms. The van der Waals surface area contributed by atoms with Crippen LogP contribution in [0.15, 0.2) is 16.3 Å². The van der Waals surface area contributed by atoms with E-state index in [0.717, 1.165) is 29.1 Å². The smallest absolute Gasteiger partial charge is 0.273 e. The maximum absolute atomic E-state index is 12.4. The molecule has 0 atom stereocenters. The number of hydrogen-bond donors (Lipinski definition) is 2. The summed E-state index contributed by atoms with van der Waals surface area (Å²) in [6.07, 6.45) is 2.27. The van der Waals surface area contributed by atoms with Crippen LogP contribution in [0.2, 0.25) is 0 Å². The molecule has 2 aromatic heterocycles. The van der Waals surface area contributed by atoms with Crippen molar-refractivity contribution in [1.29, 1.82) is 0 Å². The number of amides is 1. The number of thiophene rings is 1. The van der Waals surface area contributed by atoms with E-state index in [4.69, 9.17) is 0 Å². The first kappa shape index (κ1) is 15.4. The van der Waals surface area contributed by atoms with E-state index in [2.05, 4.69) is 15.0 Å². The fraction of sp³-hybridized carbons (Fsp3) is 0.385. The van der Waals surface area contributed by atoms with Gasteiger partial charge in [0.1, 0.15) is 9.09 Å². The normalized spacial score (nSPS) is 15.0. The summed E-state index contributed by atoms with van der Waals surface area (Å²) in [6, 6.07) is 3.40. The number of anilines is 1. The lowest BCUT2D eigenvalue weighted by molar-refractivity contribution is 0.0960. The highest BCUT2D eigenvalue weighted by molar-refractivity contribution is 7.94. The fourth-order valence-electron chi connectivity index (χ4n) is 2.14. The Labute approximate surface area is 136 Å². The van der Waals surface area contributed by atoms with Crippen molar-refractivity contribution in [3.05, 3.63) is 27.6 Å². The predicted octanol–water partition coefficient (Wildman–Crippen LogP) is 2.24. The third-order valence-corrected chi connectivity index (χ3v) is 7.45. The Hall–Kier alpha value is -1.45. The zero-order valence-corrected chi connectivity index (χ0v) is 14.3. The quantitative estimate of drug-likeness (QED) is 0.878. The molecule has 0 saturated carbocycles. The fourth-order valence-corrected chi connectivity index (χ4v) is 5.60. The molecular weight excluding hydrogens is 342 g/mol. The Morgan fingerprint density at radius 3 is 2.91 bits per heavy atom. The molecule has 2 aromatic rings. The number of rotatable bonds is 4. The van der Waals surface area contributed by atoms with E-state index in [1.807, 2.05) is 13.0 Å². The van der Waals surface area contributed by atoms with Gasteiger partial charge >= 0.3 is 0 Å². The summed E-state index contributed by atoms with van der Waals surface area (Å²) in [7, 11) is -3.64. The summed E-state index contributed by atoms with van der Waals surface area (Å²) in [6.45, 7) is 2.60. The van der Waals surface area contributed by atoms with Crippen molar-refractivity contribution in [3.8, 4) is 0 Å². The molecule has 118 valence electrons. The number of hydrogen-bond acceptors (Lipinski definition) is 6. The molecule has 2 N–H and O–H groups in total. The van der Waals surface area contributed by atoms with Crippen LogP contribution in [-0.2, 0) is 22.9 Å². The third-order valence-electron chi connectivity index (χ3n) is 3.25. The van der Waals surface area contributed by atoms with Crippen LogP contribution < -0.4 is 10.0 Å². The average molecular weight is 357 g/mol. The lowest BCUT2D eigenvalue weighted by atomic mass is 10.2. The number of fused-ring (bicyclic) bond motifs is 1. The van der Waals surface area contributed by atoms with Crippen molar-refractivity contribution in [2.24, 2.45) is 0 Å². The van der Waals surface area contributed by atoms with Gasteiger partial charge in [-0.2, -0.15) is 0 Å². The van der Waals surface area contributed by atoms with Crippen LogP contribution in [0.4, 0.5) is 5.13 Å². The van der Waals surface area contributed by atoms with E-state index in [1.165, 1.54) is 11.3 Å². The van der Waals surface area contributed by atoms with E-state index in [1.54, 1.807) is 6.07 Å². The zero-order valence-electron chi connectivity index (χ0n) is 11.9. The maximum atomic E-state index is 12.4. The summed E-state index contributed by atoms with van der Waals surface area (Å²) in [4.78, 5) is 17.7. The van der Waals surface area contributed by atoms with Gasteiger partial charge in [0.15, 0.2) is 5.13 Å². The highest BCUT2D eigenvalue weighted by Crippen LogP contribution is 2.29. The molecular formula is C13H15N3O3S3. The Bertz CT molecular complexity index is 808. The Kier molecular flexibility index (Phi) is 4.20. The van der Waals surface area contributed by atoms with Gasteiger partial charge < -0.3 is 5.32 Å². The van der Waals surface area contributed by atoms with E-state index in [9.17, 15) is 13.2 Å². The highest BCUT2D eigenvalue weighted by atomic mass is 32.2. The first-order valence-electron chi connectivity index (χ1n) is 6.89. The van der Waals surface area contributed by atoms with Gasteiger partial charge in [0.05, 0.1) is 5.69 Å². The second-order valence-corrected chi connectivity index (χ2v) is 8.91. The number of carbonyl (C=O) groups excluding carboxylic acids is 1. The van der Waals surface area contributed by atoms with Crippen molar-refractivity contribution in [2.75, 3.05) is 11.3 Å². The minimum atomic E-state index is -3.64. The summed E-state index contributed by atoms with van der Waals surface area (Å²) >= 11 is 2.33. The van der Waals surface area contributed by atoms with Crippen LogP contribution in [0.25, 0.3) is 0 Å². The van der Waals surface area contributed by atoms with E-state index in [0.29, 0.717) is 23.5 Å². The monoisotopic (exact) mass is 357 g/mol. The van der Waals surface area contributed by atoms with Crippen LogP contribution >= 0.6 is 22.7 Å². The van der Waals surface area contributed by atoms with Gasteiger partial charge in [0.25, 0.3) is 15.9 Å². The average Bonchev–Trinajstić information content (AvgIpc) is 3.07. The van der Waals surface area contributed by atoms with Gasteiger partial charge in [0, 0.05) is 11.4 Å². The lowest BCUT2D eigenvalue weighted by Crippen LogP contribution is -2.21. The minimum Gasteiger partial charge on any atom is -0.351 e. The molecule has 1 amide bonds. The molecule has 9 heteroatoms. The van der Waals surface area contributed by atoms with E-state index < -0.39 is 10.0 Å². The minimum absolute atomic E-state index is 0.181. The van der Waals surface area contributed by atoms with Crippen LogP contribution in [0.3, 0.4) is 0 Å². The Balaban J connectivity index is 1.87. The molecule has 1 aliphatic rings. The summed E-state index contributed by atoms with van der Waals surface area (Å²) in [5.41, 5.74) is 0.665.